The molecular weight excluding hydrogens is 232 g/mol. The Labute approximate surface area is 104 Å². The highest BCUT2D eigenvalue weighted by atomic mass is 32.1. The van der Waals surface area contributed by atoms with Gasteiger partial charge in [0.2, 0.25) is 0 Å². The summed E-state index contributed by atoms with van der Waals surface area (Å²) >= 11 is 4.76. The van der Waals surface area contributed by atoms with Crippen LogP contribution in [0.25, 0.3) is 10.9 Å². The highest BCUT2D eigenvalue weighted by Crippen LogP contribution is 2.12. The maximum atomic E-state index is 8.85. The average Bonchev–Trinajstić information content (AvgIpc) is 2.35. The maximum absolute atomic E-state index is 8.85. The van der Waals surface area contributed by atoms with Crippen molar-refractivity contribution in [1.82, 2.24) is 9.88 Å². The number of benzene rings is 1. The molecule has 2 aromatic rings. The molecule has 84 valence electrons. The average molecular weight is 242 g/mol. The van der Waals surface area contributed by atoms with E-state index in [0.29, 0.717) is 6.54 Å². The first kappa shape index (κ1) is 11.3. The van der Waals surface area contributed by atoms with Gasteiger partial charge < -0.3 is 5.73 Å². The van der Waals surface area contributed by atoms with E-state index in [1.54, 1.807) is 0 Å². The number of pyridine rings is 1. The Kier molecular flexibility index (Phi) is 3.17. The van der Waals surface area contributed by atoms with Gasteiger partial charge >= 0.3 is 0 Å². The highest BCUT2D eigenvalue weighted by Gasteiger charge is 2.07. The Hall–Kier alpha value is -2.19. The second kappa shape index (κ2) is 4.76. The van der Waals surface area contributed by atoms with Gasteiger partial charge in [-0.15, -0.1) is 0 Å². The zero-order valence-corrected chi connectivity index (χ0v) is 9.81. The summed E-state index contributed by atoms with van der Waals surface area (Å²) in [4.78, 5) is 5.67. The van der Waals surface area contributed by atoms with E-state index >= 15 is 0 Å². The van der Waals surface area contributed by atoms with Crippen LogP contribution in [0.2, 0.25) is 0 Å². The third kappa shape index (κ3) is 2.49. The van der Waals surface area contributed by atoms with Crippen molar-refractivity contribution in [2.24, 2.45) is 5.73 Å². The summed E-state index contributed by atoms with van der Waals surface area (Å²) in [6.45, 7) is 0.302. The van der Waals surface area contributed by atoms with Crippen LogP contribution in [0.5, 0.6) is 0 Å². The van der Waals surface area contributed by atoms with Crippen molar-refractivity contribution in [1.29, 1.82) is 5.26 Å². The second-order valence-corrected chi connectivity index (χ2v) is 3.94. The fourth-order valence-electron chi connectivity index (χ4n) is 1.52. The minimum atomic E-state index is 0.0578. The molecular formula is C12H10N4S. The Bertz CT molecular complexity index is 603. The van der Waals surface area contributed by atoms with Crippen molar-refractivity contribution in [2.75, 3.05) is 0 Å². The van der Waals surface area contributed by atoms with Gasteiger partial charge in [0.25, 0.3) is 0 Å². The number of fused-ring (bicyclic) bond motifs is 1. The second-order valence-electron chi connectivity index (χ2n) is 3.52. The first-order valence-corrected chi connectivity index (χ1v) is 5.43. The van der Waals surface area contributed by atoms with Crippen LogP contribution in [0.1, 0.15) is 5.69 Å². The lowest BCUT2D eigenvalue weighted by Crippen LogP contribution is -2.30. The predicted octanol–water partition coefficient (Wildman–Crippen LogP) is 1.76. The fourth-order valence-corrected chi connectivity index (χ4v) is 1.63. The molecule has 1 aromatic heterocycles. The predicted molar refractivity (Wildman–Crippen MR) is 69.7 cm³/mol. The minimum absolute atomic E-state index is 0.0578. The molecule has 0 radical (unpaired) electrons. The van der Waals surface area contributed by atoms with Crippen LogP contribution in [0.15, 0.2) is 36.4 Å². The number of nitrogens with two attached hydrogens (primary N) is 1. The molecule has 0 bridgehead atoms. The van der Waals surface area contributed by atoms with Crippen LogP contribution < -0.4 is 5.73 Å². The number of para-hydroxylation sites is 1. The number of rotatable bonds is 2. The summed E-state index contributed by atoms with van der Waals surface area (Å²) in [5.41, 5.74) is 7.07. The number of thiocarbonyl (C=S) groups is 1. The summed E-state index contributed by atoms with van der Waals surface area (Å²) in [5, 5.41) is 9.97. The summed E-state index contributed by atoms with van der Waals surface area (Å²) in [6, 6.07) is 11.6. The quantitative estimate of drug-likeness (QED) is 0.494. The molecule has 0 spiro atoms. The highest BCUT2D eigenvalue weighted by molar-refractivity contribution is 7.80. The van der Waals surface area contributed by atoms with Gasteiger partial charge in [0.05, 0.1) is 17.8 Å². The molecule has 0 saturated carbocycles. The largest absolute Gasteiger partial charge is 0.375 e. The van der Waals surface area contributed by atoms with Gasteiger partial charge in [0.1, 0.15) is 0 Å². The standard InChI is InChI=1S/C12H10N4S/c13-8-16(12(14)17)7-10-6-5-9-3-1-2-4-11(9)15-10/h1-6H,7H2,(H2,14,17). The van der Waals surface area contributed by atoms with Crippen molar-refractivity contribution >= 4 is 28.2 Å². The Morgan fingerprint density at radius 2 is 2.12 bits per heavy atom. The van der Waals surface area contributed by atoms with E-state index in [4.69, 9.17) is 23.2 Å². The normalized spacial score (nSPS) is 9.82. The molecule has 5 heteroatoms. The first-order valence-electron chi connectivity index (χ1n) is 5.02. The zero-order valence-electron chi connectivity index (χ0n) is 9.00. The molecule has 2 N–H and O–H groups in total. The Morgan fingerprint density at radius 3 is 2.82 bits per heavy atom. The maximum Gasteiger partial charge on any atom is 0.186 e. The van der Waals surface area contributed by atoms with Crippen LogP contribution in [0.3, 0.4) is 0 Å². The van der Waals surface area contributed by atoms with Gasteiger partial charge in [-0.05, 0) is 24.4 Å². The van der Waals surface area contributed by atoms with Gasteiger partial charge in [0, 0.05) is 5.39 Å². The molecule has 17 heavy (non-hydrogen) atoms. The van der Waals surface area contributed by atoms with Gasteiger partial charge in [0.15, 0.2) is 11.3 Å². The number of aromatic nitrogens is 1. The van der Waals surface area contributed by atoms with E-state index in [1.165, 1.54) is 4.90 Å². The lowest BCUT2D eigenvalue weighted by atomic mass is 10.2. The number of nitriles is 1. The summed E-state index contributed by atoms with van der Waals surface area (Å²) in [6.07, 6.45) is 1.93. The smallest absolute Gasteiger partial charge is 0.186 e. The molecule has 0 atom stereocenters. The Morgan fingerprint density at radius 1 is 1.35 bits per heavy atom. The zero-order chi connectivity index (χ0) is 12.3. The van der Waals surface area contributed by atoms with Gasteiger partial charge in [-0.3, -0.25) is 4.98 Å². The van der Waals surface area contributed by atoms with Crippen molar-refractivity contribution in [3.05, 3.63) is 42.1 Å². The van der Waals surface area contributed by atoms with E-state index < -0.39 is 0 Å². The van der Waals surface area contributed by atoms with E-state index in [1.807, 2.05) is 42.6 Å². The van der Waals surface area contributed by atoms with Crippen molar-refractivity contribution in [2.45, 2.75) is 6.54 Å². The minimum Gasteiger partial charge on any atom is -0.375 e. The fraction of sp³-hybridized carbons (Fsp3) is 0.0833. The molecule has 0 saturated heterocycles. The number of nitrogens with zero attached hydrogens (tertiary/aromatic N) is 3. The van der Waals surface area contributed by atoms with Crippen LogP contribution in [0, 0.1) is 11.5 Å². The van der Waals surface area contributed by atoms with Crippen LogP contribution >= 0.6 is 12.2 Å². The first-order chi connectivity index (χ1) is 8.20. The van der Waals surface area contributed by atoms with E-state index in [9.17, 15) is 0 Å². The third-order valence-electron chi connectivity index (χ3n) is 2.36. The van der Waals surface area contributed by atoms with Gasteiger partial charge in [-0.25, -0.2) is 4.90 Å². The van der Waals surface area contributed by atoms with Crippen molar-refractivity contribution < 1.29 is 0 Å². The molecule has 0 unspecified atom stereocenters. The molecule has 4 nitrogen and oxygen atoms in total. The van der Waals surface area contributed by atoms with E-state index in [0.717, 1.165) is 16.6 Å². The molecule has 1 heterocycles. The van der Waals surface area contributed by atoms with E-state index in [-0.39, 0.29) is 5.11 Å². The van der Waals surface area contributed by atoms with Gasteiger partial charge in [-0.2, -0.15) is 5.26 Å². The monoisotopic (exact) mass is 242 g/mol. The van der Waals surface area contributed by atoms with Crippen molar-refractivity contribution in [3.63, 3.8) is 0 Å². The molecule has 2 rings (SSSR count). The molecule has 0 aliphatic rings. The Balaban J connectivity index is 2.31. The summed E-state index contributed by atoms with van der Waals surface area (Å²) in [7, 11) is 0. The van der Waals surface area contributed by atoms with E-state index in [2.05, 4.69) is 4.98 Å². The lowest BCUT2D eigenvalue weighted by Gasteiger charge is -2.12. The summed E-state index contributed by atoms with van der Waals surface area (Å²) in [5.74, 6) is 0. The molecule has 0 fully saturated rings. The molecule has 0 amide bonds. The topological polar surface area (TPSA) is 65.9 Å². The SMILES string of the molecule is N#CN(Cc1ccc2ccccc2n1)C(N)=S. The third-order valence-corrected chi connectivity index (χ3v) is 2.58. The van der Waals surface area contributed by atoms with Crippen LogP contribution in [-0.4, -0.2) is 15.0 Å². The lowest BCUT2D eigenvalue weighted by molar-refractivity contribution is 0.566. The van der Waals surface area contributed by atoms with Gasteiger partial charge in [-0.1, -0.05) is 24.3 Å². The number of hydrogen-bond donors (Lipinski definition) is 1. The van der Waals surface area contributed by atoms with Crippen molar-refractivity contribution in [3.8, 4) is 6.19 Å². The number of hydrogen-bond acceptors (Lipinski definition) is 3. The molecule has 0 aliphatic heterocycles. The molecule has 1 aromatic carbocycles. The summed E-state index contributed by atoms with van der Waals surface area (Å²) < 4.78 is 0. The van der Waals surface area contributed by atoms with Crippen LogP contribution in [-0.2, 0) is 6.54 Å². The van der Waals surface area contributed by atoms with Crippen LogP contribution in [0.4, 0.5) is 0 Å². The molecule has 0 aliphatic carbocycles.